The summed E-state index contributed by atoms with van der Waals surface area (Å²) in [7, 11) is 0. The van der Waals surface area contributed by atoms with E-state index in [1.165, 1.54) is 0 Å². The Morgan fingerprint density at radius 2 is 2.11 bits per heavy atom. The van der Waals surface area contributed by atoms with Crippen molar-refractivity contribution in [3.63, 3.8) is 0 Å². The number of benzene rings is 1. The zero-order chi connectivity index (χ0) is 13.8. The topological polar surface area (TPSA) is 84.6 Å². The molecule has 0 aliphatic rings. The minimum Gasteiger partial charge on any atom is -0.444 e. The number of anilines is 1. The third-order valence-electron chi connectivity index (χ3n) is 2.28. The largest absolute Gasteiger partial charge is 0.444 e. The average Bonchev–Trinajstić information content (AvgIpc) is 2.25. The minimum atomic E-state index is -0.554. The van der Waals surface area contributed by atoms with Gasteiger partial charge in [0.1, 0.15) is 5.60 Å². The Labute approximate surface area is 107 Å². The van der Waals surface area contributed by atoms with E-state index < -0.39 is 11.7 Å². The van der Waals surface area contributed by atoms with Crippen LogP contribution in [0, 0.1) is 0 Å². The Kier molecular flexibility index (Phi) is 4.69. The van der Waals surface area contributed by atoms with Crippen molar-refractivity contribution in [3.05, 3.63) is 29.3 Å². The number of nitrogens with one attached hydrogen (secondary N) is 1. The summed E-state index contributed by atoms with van der Waals surface area (Å²) in [5, 5.41) is 11.8. The number of nitrogens with two attached hydrogens (primary N) is 1. The van der Waals surface area contributed by atoms with Gasteiger partial charge in [-0.25, -0.2) is 4.79 Å². The molecule has 0 bridgehead atoms. The maximum atomic E-state index is 11.7. The van der Waals surface area contributed by atoms with E-state index in [1.54, 1.807) is 39.0 Å². The molecule has 1 aromatic rings. The number of amides is 1. The number of aliphatic hydroxyl groups is 1. The van der Waals surface area contributed by atoms with E-state index in [2.05, 4.69) is 5.32 Å². The number of hydrogen-bond acceptors (Lipinski definition) is 4. The maximum absolute atomic E-state index is 11.7. The molecule has 0 saturated heterocycles. The third-order valence-corrected chi connectivity index (χ3v) is 2.28. The number of hydrogen-bond donors (Lipinski definition) is 3. The first-order valence-electron chi connectivity index (χ1n) is 5.79. The van der Waals surface area contributed by atoms with E-state index in [4.69, 9.17) is 10.5 Å². The standard InChI is InChI=1S/C13H20N2O3/c1-13(2,3)18-12(17)15-11-6-4-5-9(8-16)10(11)7-14/h4-6,16H,7-8,14H2,1-3H3,(H,15,17). The second-order valence-corrected chi connectivity index (χ2v) is 4.93. The Balaban J connectivity index is 2.87. The summed E-state index contributed by atoms with van der Waals surface area (Å²) in [4.78, 5) is 11.7. The summed E-state index contributed by atoms with van der Waals surface area (Å²) in [5.74, 6) is 0. The molecular formula is C13H20N2O3. The van der Waals surface area contributed by atoms with E-state index in [0.29, 0.717) is 16.8 Å². The number of rotatable bonds is 3. The number of carbonyl (C=O) groups is 1. The van der Waals surface area contributed by atoms with Crippen molar-refractivity contribution in [1.82, 2.24) is 0 Å². The van der Waals surface area contributed by atoms with Crippen LogP contribution in [0.1, 0.15) is 31.9 Å². The van der Waals surface area contributed by atoms with Gasteiger partial charge in [0, 0.05) is 12.2 Å². The second kappa shape index (κ2) is 5.84. The van der Waals surface area contributed by atoms with Crippen LogP contribution in [0.5, 0.6) is 0 Å². The zero-order valence-electron chi connectivity index (χ0n) is 11.0. The molecule has 1 rings (SSSR count). The number of ether oxygens (including phenoxy) is 1. The lowest BCUT2D eigenvalue weighted by Gasteiger charge is -2.20. The highest BCUT2D eigenvalue weighted by atomic mass is 16.6. The molecule has 5 heteroatoms. The Bertz CT molecular complexity index is 425. The highest BCUT2D eigenvalue weighted by Crippen LogP contribution is 2.20. The van der Waals surface area contributed by atoms with Gasteiger partial charge in [0.25, 0.3) is 0 Å². The summed E-state index contributed by atoms with van der Waals surface area (Å²) < 4.78 is 5.16. The van der Waals surface area contributed by atoms with Gasteiger partial charge in [0.05, 0.1) is 6.61 Å². The molecule has 0 radical (unpaired) electrons. The molecule has 100 valence electrons. The van der Waals surface area contributed by atoms with Crippen LogP contribution in [-0.4, -0.2) is 16.8 Å². The maximum Gasteiger partial charge on any atom is 0.412 e. The average molecular weight is 252 g/mol. The van der Waals surface area contributed by atoms with Crippen molar-refractivity contribution in [1.29, 1.82) is 0 Å². The molecule has 0 aromatic heterocycles. The Morgan fingerprint density at radius 1 is 1.44 bits per heavy atom. The number of aliphatic hydroxyl groups excluding tert-OH is 1. The summed E-state index contributed by atoms with van der Waals surface area (Å²) in [6.45, 7) is 5.50. The van der Waals surface area contributed by atoms with Crippen LogP contribution >= 0.6 is 0 Å². The Hall–Kier alpha value is -1.59. The van der Waals surface area contributed by atoms with E-state index in [-0.39, 0.29) is 13.2 Å². The van der Waals surface area contributed by atoms with Crippen LogP contribution in [0.3, 0.4) is 0 Å². The molecular weight excluding hydrogens is 232 g/mol. The first kappa shape index (κ1) is 14.5. The van der Waals surface area contributed by atoms with Crippen LogP contribution in [0.25, 0.3) is 0 Å². The molecule has 0 saturated carbocycles. The van der Waals surface area contributed by atoms with Gasteiger partial charge in [-0.05, 0) is 38.0 Å². The molecule has 4 N–H and O–H groups in total. The smallest absolute Gasteiger partial charge is 0.412 e. The molecule has 0 fully saturated rings. The molecule has 0 aliphatic carbocycles. The quantitative estimate of drug-likeness (QED) is 0.768. The van der Waals surface area contributed by atoms with Crippen molar-refractivity contribution in [2.45, 2.75) is 39.5 Å². The highest BCUT2D eigenvalue weighted by molar-refractivity contribution is 5.86. The van der Waals surface area contributed by atoms with Crippen LogP contribution in [0.2, 0.25) is 0 Å². The van der Waals surface area contributed by atoms with Crippen molar-refractivity contribution >= 4 is 11.8 Å². The molecule has 0 heterocycles. The van der Waals surface area contributed by atoms with Gasteiger partial charge in [-0.1, -0.05) is 12.1 Å². The first-order valence-corrected chi connectivity index (χ1v) is 5.79. The van der Waals surface area contributed by atoms with Gasteiger partial charge < -0.3 is 15.6 Å². The third kappa shape index (κ3) is 4.01. The van der Waals surface area contributed by atoms with Gasteiger partial charge >= 0.3 is 6.09 Å². The Morgan fingerprint density at radius 3 is 2.61 bits per heavy atom. The van der Waals surface area contributed by atoms with E-state index in [0.717, 1.165) is 0 Å². The lowest BCUT2D eigenvalue weighted by Crippen LogP contribution is -2.27. The normalized spacial score (nSPS) is 11.2. The summed E-state index contributed by atoms with van der Waals surface area (Å²) in [5.41, 5.74) is 7.05. The van der Waals surface area contributed by atoms with Crippen LogP contribution < -0.4 is 11.1 Å². The predicted octanol–water partition coefficient (Wildman–Crippen LogP) is 1.98. The highest BCUT2D eigenvalue weighted by Gasteiger charge is 2.17. The van der Waals surface area contributed by atoms with Crippen molar-refractivity contribution in [3.8, 4) is 0 Å². The summed E-state index contributed by atoms with van der Waals surface area (Å²) >= 11 is 0. The van der Waals surface area contributed by atoms with Gasteiger partial charge in [0.15, 0.2) is 0 Å². The van der Waals surface area contributed by atoms with Gasteiger partial charge in [0.2, 0.25) is 0 Å². The molecule has 0 spiro atoms. The monoisotopic (exact) mass is 252 g/mol. The fourth-order valence-corrected chi connectivity index (χ4v) is 1.55. The molecule has 18 heavy (non-hydrogen) atoms. The fourth-order valence-electron chi connectivity index (χ4n) is 1.55. The fraction of sp³-hybridized carbons (Fsp3) is 0.462. The van der Waals surface area contributed by atoms with E-state index >= 15 is 0 Å². The van der Waals surface area contributed by atoms with Crippen LogP contribution in [0.4, 0.5) is 10.5 Å². The molecule has 1 amide bonds. The van der Waals surface area contributed by atoms with Gasteiger partial charge in [-0.2, -0.15) is 0 Å². The van der Waals surface area contributed by atoms with Crippen LogP contribution in [-0.2, 0) is 17.9 Å². The number of carbonyl (C=O) groups excluding carboxylic acids is 1. The molecule has 0 unspecified atom stereocenters. The summed E-state index contributed by atoms with van der Waals surface area (Å²) in [6.07, 6.45) is -0.535. The van der Waals surface area contributed by atoms with Crippen LogP contribution in [0.15, 0.2) is 18.2 Å². The van der Waals surface area contributed by atoms with E-state index in [9.17, 15) is 9.90 Å². The lowest BCUT2D eigenvalue weighted by atomic mass is 10.1. The van der Waals surface area contributed by atoms with Gasteiger partial charge in [-0.15, -0.1) is 0 Å². The molecule has 1 aromatic carbocycles. The zero-order valence-corrected chi connectivity index (χ0v) is 11.0. The van der Waals surface area contributed by atoms with Gasteiger partial charge in [-0.3, -0.25) is 5.32 Å². The lowest BCUT2D eigenvalue weighted by molar-refractivity contribution is 0.0635. The summed E-state index contributed by atoms with van der Waals surface area (Å²) in [6, 6.07) is 5.24. The molecule has 0 aliphatic heterocycles. The minimum absolute atomic E-state index is 0.115. The van der Waals surface area contributed by atoms with Crippen molar-refractivity contribution < 1.29 is 14.6 Å². The van der Waals surface area contributed by atoms with E-state index in [1.807, 2.05) is 0 Å². The molecule has 5 nitrogen and oxygen atoms in total. The van der Waals surface area contributed by atoms with Crippen molar-refractivity contribution in [2.75, 3.05) is 5.32 Å². The SMILES string of the molecule is CC(C)(C)OC(=O)Nc1cccc(CO)c1CN. The molecule has 0 atom stereocenters. The first-order chi connectivity index (χ1) is 8.37. The predicted molar refractivity (Wildman–Crippen MR) is 70.1 cm³/mol. The van der Waals surface area contributed by atoms with Crippen molar-refractivity contribution in [2.24, 2.45) is 5.73 Å². The second-order valence-electron chi connectivity index (χ2n) is 4.93.